The van der Waals surface area contributed by atoms with Gasteiger partial charge in [-0.15, -0.1) is 0 Å². The Hall–Kier alpha value is -3.39. The number of carbonyl (C=O) groups excluding carboxylic acids is 1. The topological polar surface area (TPSA) is 95.0 Å². The summed E-state index contributed by atoms with van der Waals surface area (Å²) in [5.74, 6) is -0.911. The van der Waals surface area contributed by atoms with Crippen molar-refractivity contribution < 1.29 is 23.1 Å². The van der Waals surface area contributed by atoms with E-state index in [-0.39, 0.29) is 22.6 Å². The van der Waals surface area contributed by atoms with E-state index in [2.05, 4.69) is 0 Å². The number of nitrogens with zero attached hydrogens (tertiary/aromatic N) is 2. The number of rotatable bonds is 7. The average molecular weight is 509 g/mol. The molecule has 1 aliphatic heterocycles. The van der Waals surface area contributed by atoms with Gasteiger partial charge in [0.05, 0.1) is 10.6 Å². The van der Waals surface area contributed by atoms with E-state index in [4.69, 9.17) is 0 Å². The molecule has 2 aliphatic rings. The van der Waals surface area contributed by atoms with E-state index >= 15 is 0 Å². The van der Waals surface area contributed by atoms with Crippen LogP contribution in [0, 0.1) is 5.41 Å². The number of anilines is 1. The zero-order valence-corrected chi connectivity index (χ0v) is 21.9. The molecule has 0 amide bonds. The maximum atomic E-state index is 13.3. The number of para-hydroxylation sites is 1. The van der Waals surface area contributed by atoms with E-state index < -0.39 is 16.0 Å². The van der Waals surface area contributed by atoms with Gasteiger partial charge in [0.25, 0.3) is 10.0 Å². The quantitative estimate of drug-likeness (QED) is 0.579. The lowest BCUT2D eigenvalue weighted by Crippen LogP contribution is -2.39. The Morgan fingerprint density at radius 2 is 1.69 bits per heavy atom. The highest BCUT2D eigenvalue weighted by atomic mass is 32.2. The van der Waals surface area contributed by atoms with Gasteiger partial charge in [0.1, 0.15) is 6.54 Å². The van der Waals surface area contributed by atoms with Crippen LogP contribution in [0.3, 0.4) is 0 Å². The number of Topliss-reactive ketones (excluding diaryl/α,β-unsaturated/α-hetero) is 1. The average Bonchev–Trinajstić information content (AvgIpc) is 2.82. The first kappa shape index (κ1) is 25.7. The van der Waals surface area contributed by atoms with Crippen molar-refractivity contribution >= 4 is 27.5 Å². The summed E-state index contributed by atoms with van der Waals surface area (Å²) in [4.78, 5) is 26.8. The van der Waals surface area contributed by atoms with Crippen LogP contribution < -0.4 is 4.31 Å². The van der Waals surface area contributed by atoms with Crippen molar-refractivity contribution in [2.24, 2.45) is 5.41 Å². The van der Waals surface area contributed by atoms with E-state index in [9.17, 15) is 23.1 Å². The smallest absolute Gasteiger partial charge is 0.323 e. The standard InChI is InChI=1S/C28H32N2O5S/c1-19-21(15-23-25(30(19)18-27(32)33)16-28(2,3)17-26(23)31)14-20-10-8-9-13-24(20)29(4)36(34,35)22-11-6-5-7-12-22/h5-13H,14-18H2,1-4H3,(H,32,33). The minimum absolute atomic E-state index is 0.0543. The first-order chi connectivity index (χ1) is 16.9. The Labute approximate surface area is 212 Å². The number of allylic oxidation sites excluding steroid dienone is 4. The molecule has 4 rings (SSSR count). The number of ketones is 1. The maximum absolute atomic E-state index is 13.3. The number of benzene rings is 2. The molecule has 0 saturated carbocycles. The number of carboxylic acids is 1. The molecular weight excluding hydrogens is 476 g/mol. The highest BCUT2D eigenvalue weighted by molar-refractivity contribution is 7.92. The summed E-state index contributed by atoms with van der Waals surface area (Å²) in [5, 5.41) is 9.62. The van der Waals surface area contributed by atoms with Gasteiger partial charge >= 0.3 is 5.97 Å². The number of hydrogen-bond donors (Lipinski definition) is 1. The highest BCUT2D eigenvalue weighted by Gasteiger charge is 2.39. The normalized spacial score (nSPS) is 17.8. The Balaban J connectivity index is 1.72. The summed E-state index contributed by atoms with van der Waals surface area (Å²) in [5.41, 5.74) is 4.31. The summed E-state index contributed by atoms with van der Waals surface area (Å²) in [6.07, 6.45) is 1.91. The van der Waals surface area contributed by atoms with Crippen molar-refractivity contribution in [2.75, 3.05) is 17.9 Å². The van der Waals surface area contributed by atoms with Gasteiger partial charge in [0.2, 0.25) is 0 Å². The fourth-order valence-electron chi connectivity index (χ4n) is 5.14. The van der Waals surface area contributed by atoms with Crippen molar-refractivity contribution in [2.45, 2.75) is 51.3 Å². The minimum atomic E-state index is -3.77. The van der Waals surface area contributed by atoms with E-state index in [1.54, 1.807) is 47.4 Å². The van der Waals surface area contributed by atoms with Gasteiger partial charge in [0, 0.05) is 36.9 Å². The molecular formula is C28H32N2O5S. The van der Waals surface area contributed by atoms with Crippen molar-refractivity contribution in [1.29, 1.82) is 0 Å². The van der Waals surface area contributed by atoms with E-state index in [1.165, 1.54) is 11.4 Å². The lowest BCUT2D eigenvalue weighted by molar-refractivity contribution is -0.137. The van der Waals surface area contributed by atoms with Crippen LogP contribution in [-0.4, -0.2) is 43.8 Å². The van der Waals surface area contributed by atoms with E-state index in [0.29, 0.717) is 36.9 Å². The van der Waals surface area contributed by atoms with Crippen LogP contribution in [0.2, 0.25) is 0 Å². The van der Waals surface area contributed by atoms with E-state index in [1.807, 2.05) is 32.9 Å². The molecule has 0 atom stereocenters. The predicted molar refractivity (Wildman–Crippen MR) is 139 cm³/mol. The predicted octanol–water partition coefficient (Wildman–Crippen LogP) is 4.76. The number of carbonyl (C=O) groups is 2. The second kappa shape index (κ2) is 9.58. The molecule has 0 spiro atoms. The van der Waals surface area contributed by atoms with Crippen LogP contribution in [0.4, 0.5) is 5.69 Å². The minimum Gasteiger partial charge on any atom is -0.480 e. The third-order valence-electron chi connectivity index (χ3n) is 7.03. The Morgan fingerprint density at radius 1 is 1.06 bits per heavy atom. The summed E-state index contributed by atoms with van der Waals surface area (Å²) in [6, 6.07) is 15.6. The molecule has 0 saturated heterocycles. The zero-order valence-electron chi connectivity index (χ0n) is 21.1. The summed E-state index contributed by atoms with van der Waals surface area (Å²) in [7, 11) is -2.24. The number of hydrogen-bond acceptors (Lipinski definition) is 5. The molecule has 1 aliphatic carbocycles. The fraction of sp³-hybridized carbons (Fsp3) is 0.357. The highest BCUT2D eigenvalue weighted by Crippen LogP contribution is 2.45. The first-order valence-electron chi connectivity index (χ1n) is 12.0. The van der Waals surface area contributed by atoms with Crippen LogP contribution in [0.1, 0.15) is 45.6 Å². The van der Waals surface area contributed by atoms with Gasteiger partial charge in [-0.05, 0) is 54.5 Å². The van der Waals surface area contributed by atoms with Crippen molar-refractivity contribution in [3.63, 3.8) is 0 Å². The van der Waals surface area contributed by atoms with Crippen LogP contribution in [0.25, 0.3) is 0 Å². The van der Waals surface area contributed by atoms with Gasteiger partial charge in [-0.1, -0.05) is 50.2 Å². The molecule has 1 heterocycles. The number of aliphatic carboxylic acids is 1. The van der Waals surface area contributed by atoms with E-state index in [0.717, 1.165) is 22.5 Å². The number of carboxylic acid groups (broad SMARTS) is 1. The SMILES string of the molecule is CC1=C(Cc2ccccc2N(C)S(=O)(=O)c2ccccc2)CC2=C(CC(C)(C)CC2=O)N1CC(=O)O. The third-order valence-corrected chi connectivity index (χ3v) is 8.82. The Kier molecular flexibility index (Phi) is 6.84. The van der Waals surface area contributed by atoms with Crippen LogP contribution in [0.15, 0.2) is 82.0 Å². The lowest BCUT2D eigenvalue weighted by atomic mass is 9.72. The van der Waals surface area contributed by atoms with Crippen molar-refractivity contribution in [3.05, 3.63) is 82.7 Å². The van der Waals surface area contributed by atoms with Gasteiger partial charge < -0.3 is 10.0 Å². The summed E-state index contributed by atoms with van der Waals surface area (Å²) < 4.78 is 27.9. The molecule has 0 aromatic heterocycles. The van der Waals surface area contributed by atoms with Gasteiger partial charge in [-0.2, -0.15) is 0 Å². The van der Waals surface area contributed by atoms with Gasteiger partial charge in [-0.25, -0.2) is 8.42 Å². The molecule has 2 aromatic rings. The van der Waals surface area contributed by atoms with Crippen LogP contribution in [0.5, 0.6) is 0 Å². The van der Waals surface area contributed by atoms with Crippen molar-refractivity contribution in [1.82, 2.24) is 4.90 Å². The summed E-state index contributed by atoms with van der Waals surface area (Å²) in [6.45, 7) is 5.73. The molecule has 36 heavy (non-hydrogen) atoms. The Morgan fingerprint density at radius 3 is 2.36 bits per heavy atom. The van der Waals surface area contributed by atoms with Crippen molar-refractivity contribution in [3.8, 4) is 0 Å². The lowest BCUT2D eigenvalue weighted by Gasteiger charge is -2.42. The molecule has 0 unspecified atom stereocenters. The van der Waals surface area contributed by atoms with Gasteiger partial charge in [-0.3, -0.25) is 13.9 Å². The fourth-order valence-corrected chi connectivity index (χ4v) is 6.39. The largest absolute Gasteiger partial charge is 0.480 e. The second-order valence-electron chi connectivity index (χ2n) is 10.3. The maximum Gasteiger partial charge on any atom is 0.323 e. The van der Waals surface area contributed by atoms with Crippen LogP contribution >= 0.6 is 0 Å². The molecule has 1 N–H and O–H groups in total. The number of sulfonamides is 1. The molecule has 190 valence electrons. The Bertz CT molecular complexity index is 1370. The summed E-state index contributed by atoms with van der Waals surface area (Å²) >= 11 is 0. The molecule has 2 aromatic carbocycles. The second-order valence-corrected chi connectivity index (χ2v) is 12.3. The zero-order chi connectivity index (χ0) is 26.3. The molecule has 0 radical (unpaired) electrons. The first-order valence-corrected chi connectivity index (χ1v) is 13.4. The monoisotopic (exact) mass is 508 g/mol. The third kappa shape index (κ3) is 4.95. The van der Waals surface area contributed by atoms with Gasteiger partial charge in [0.15, 0.2) is 5.78 Å². The molecule has 0 bridgehead atoms. The molecule has 7 nitrogen and oxygen atoms in total. The molecule has 8 heteroatoms. The van der Waals surface area contributed by atoms with Crippen LogP contribution in [-0.2, 0) is 26.0 Å². The molecule has 0 fully saturated rings.